The van der Waals surface area contributed by atoms with Crippen molar-refractivity contribution in [3.63, 3.8) is 0 Å². The summed E-state index contributed by atoms with van der Waals surface area (Å²) in [5.74, 6) is 0.113. The van der Waals surface area contributed by atoms with Gasteiger partial charge in [0.05, 0.1) is 12.3 Å². The minimum absolute atomic E-state index is 0.113. The highest BCUT2D eigenvalue weighted by Crippen LogP contribution is 2.20. The van der Waals surface area contributed by atoms with Crippen molar-refractivity contribution in [2.45, 2.75) is 13.8 Å². The lowest BCUT2D eigenvalue weighted by Gasteiger charge is -2.08. The van der Waals surface area contributed by atoms with Crippen LogP contribution in [0.5, 0.6) is 5.75 Å². The van der Waals surface area contributed by atoms with E-state index in [2.05, 4.69) is 5.32 Å². The molecule has 0 saturated carbocycles. The first kappa shape index (κ1) is 10.4. The van der Waals surface area contributed by atoms with Gasteiger partial charge < -0.3 is 9.84 Å². The number of amides is 1. The van der Waals surface area contributed by atoms with Crippen molar-refractivity contribution in [3.8, 4) is 5.75 Å². The lowest BCUT2D eigenvalue weighted by atomic mass is 10.2. The van der Waals surface area contributed by atoms with Crippen molar-refractivity contribution in [2.75, 3.05) is 11.9 Å². The molecule has 0 aliphatic carbocycles. The Morgan fingerprint density at radius 3 is 2.93 bits per heavy atom. The van der Waals surface area contributed by atoms with Crippen LogP contribution in [-0.4, -0.2) is 17.8 Å². The molecule has 0 radical (unpaired) electrons. The molecule has 14 heavy (non-hydrogen) atoms. The molecule has 1 amide bonds. The number of rotatable bonds is 2. The van der Waals surface area contributed by atoms with Gasteiger partial charge in [-0.25, -0.2) is 4.79 Å². The SMILES string of the molecule is CCOC(=O)Nc1cc(O)ccc1C. The topological polar surface area (TPSA) is 58.6 Å². The van der Waals surface area contributed by atoms with Gasteiger partial charge in [-0.15, -0.1) is 0 Å². The third kappa shape index (κ3) is 2.65. The van der Waals surface area contributed by atoms with E-state index in [1.54, 1.807) is 19.1 Å². The lowest BCUT2D eigenvalue weighted by molar-refractivity contribution is 0.168. The van der Waals surface area contributed by atoms with Crippen LogP contribution in [-0.2, 0) is 4.74 Å². The Labute approximate surface area is 82.5 Å². The molecular weight excluding hydrogens is 182 g/mol. The standard InChI is InChI=1S/C10H13NO3/c1-3-14-10(13)11-9-6-8(12)5-4-7(9)2/h4-6,12H,3H2,1-2H3,(H,11,13). The van der Waals surface area contributed by atoms with E-state index in [0.29, 0.717) is 12.3 Å². The largest absolute Gasteiger partial charge is 0.508 e. The van der Waals surface area contributed by atoms with Crippen LogP contribution in [0.15, 0.2) is 18.2 Å². The third-order valence-corrected chi connectivity index (χ3v) is 1.73. The van der Waals surface area contributed by atoms with E-state index in [1.165, 1.54) is 6.07 Å². The molecule has 0 bridgehead atoms. The molecule has 0 aliphatic rings. The van der Waals surface area contributed by atoms with Gasteiger partial charge in [-0.2, -0.15) is 0 Å². The molecule has 1 rings (SSSR count). The minimum Gasteiger partial charge on any atom is -0.508 e. The van der Waals surface area contributed by atoms with E-state index in [4.69, 9.17) is 4.74 Å². The molecule has 2 N–H and O–H groups in total. The van der Waals surface area contributed by atoms with Gasteiger partial charge in [-0.05, 0) is 25.5 Å². The summed E-state index contributed by atoms with van der Waals surface area (Å²) >= 11 is 0. The first-order chi connectivity index (χ1) is 6.63. The van der Waals surface area contributed by atoms with Gasteiger partial charge in [0.2, 0.25) is 0 Å². The number of phenols is 1. The fraction of sp³-hybridized carbons (Fsp3) is 0.300. The molecule has 4 nitrogen and oxygen atoms in total. The summed E-state index contributed by atoms with van der Waals surface area (Å²) in [4.78, 5) is 11.1. The molecule has 0 heterocycles. The molecule has 0 fully saturated rings. The van der Waals surface area contributed by atoms with Gasteiger partial charge in [0.1, 0.15) is 5.75 Å². The molecule has 0 spiro atoms. The molecule has 76 valence electrons. The van der Waals surface area contributed by atoms with Gasteiger partial charge in [-0.1, -0.05) is 6.07 Å². The molecule has 1 aromatic carbocycles. The zero-order chi connectivity index (χ0) is 10.6. The number of hydrogen-bond donors (Lipinski definition) is 2. The molecular formula is C10H13NO3. The Morgan fingerprint density at radius 1 is 1.57 bits per heavy atom. The number of nitrogens with one attached hydrogen (secondary N) is 1. The summed E-state index contributed by atoms with van der Waals surface area (Å²) in [7, 11) is 0. The van der Waals surface area contributed by atoms with E-state index in [0.717, 1.165) is 5.56 Å². The highest BCUT2D eigenvalue weighted by atomic mass is 16.5. The summed E-state index contributed by atoms with van der Waals surface area (Å²) < 4.78 is 4.71. The Hall–Kier alpha value is -1.71. The van der Waals surface area contributed by atoms with Gasteiger partial charge in [0.15, 0.2) is 0 Å². The smallest absolute Gasteiger partial charge is 0.411 e. The number of carbonyl (C=O) groups is 1. The second-order valence-electron chi connectivity index (χ2n) is 2.84. The van der Waals surface area contributed by atoms with Crippen LogP contribution in [0.1, 0.15) is 12.5 Å². The summed E-state index contributed by atoms with van der Waals surface area (Å²) in [6, 6.07) is 4.76. The Kier molecular flexibility index (Phi) is 3.34. The van der Waals surface area contributed by atoms with Crippen LogP contribution < -0.4 is 5.32 Å². The maximum atomic E-state index is 11.1. The predicted octanol–water partition coefficient (Wildman–Crippen LogP) is 2.27. The van der Waals surface area contributed by atoms with Gasteiger partial charge in [0, 0.05) is 6.07 Å². The van der Waals surface area contributed by atoms with Crippen molar-refractivity contribution in [3.05, 3.63) is 23.8 Å². The van der Waals surface area contributed by atoms with E-state index in [-0.39, 0.29) is 5.75 Å². The molecule has 0 unspecified atom stereocenters. The molecule has 1 aromatic rings. The van der Waals surface area contributed by atoms with Crippen molar-refractivity contribution in [1.82, 2.24) is 0 Å². The van der Waals surface area contributed by atoms with Crippen LogP contribution in [0.2, 0.25) is 0 Å². The maximum Gasteiger partial charge on any atom is 0.411 e. The number of hydrogen-bond acceptors (Lipinski definition) is 3. The van der Waals surface area contributed by atoms with E-state index >= 15 is 0 Å². The fourth-order valence-electron chi connectivity index (χ4n) is 1.02. The normalized spacial score (nSPS) is 9.57. The lowest BCUT2D eigenvalue weighted by Crippen LogP contribution is -2.13. The Balaban J connectivity index is 2.75. The zero-order valence-corrected chi connectivity index (χ0v) is 8.20. The summed E-state index contributed by atoms with van der Waals surface area (Å²) in [6.07, 6.45) is -0.513. The van der Waals surface area contributed by atoms with Crippen molar-refractivity contribution in [1.29, 1.82) is 0 Å². The number of ether oxygens (including phenoxy) is 1. The number of anilines is 1. The predicted molar refractivity (Wildman–Crippen MR) is 53.5 cm³/mol. The van der Waals surface area contributed by atoms with Crippen LogP contribution in [0.4, 0.5) is 10.5 Å². The van der Waals surface area contributed by atoms with Gasteiger partial charge >= 0.3 is 6.09 Å². The first-order valence-electron chi connectivity index (χ1n) is 4.37. The number of carbonyl (C=O) groups excluding carboxylic acids is 1. The summed E-state index contributed by atoms with van der Waals surface area (Å²) in [5.41, 5.74) is 1.43. The molecule has 0 aromatic heterocycles. The van der Waals surface area contributed by atoms with Gasteiger partial charge in [-0.3, -0.25) is 5.32 Å². The van der Waals surface area contributed by atoms with E-state index in [1.807, 2.05) is 6.92 Å². The average molecular weight is 195 g/mol. The second-order valence-corrected chi connectivity index (χ2v) is 2.84. The number of aryl methyl sites for hydroxylation is 1. The molecule has 4 heteroatoms. The highest BCUT2D eigenvalue weighted by molar-refractivity contribution is 5.85. The van der Waals surface area contributed by atoms with E-state index in [9.17, 15) is 9.90 Å². The molecule has 0 aliphatic heterocycles. The minimum atomic E-state index is -0.513. The van der Waals surface area contributed by atoms with Crippen LogP contribution in [0, 0.1) is 6.92 Å². The van der Waals surface area contributed by atoms with Crippen molar-refractivity contribution < 1.29 is 14.6 Å². The third-order valence-electron chi connectivity index (χ3n) is 1.73. The first-order valence-corrected chi connectivity index (χ1v) is 4.37. The highest BCUT2D eigenvalue weighted by Gasteiger charge is 2.04. The monoisotopic (exact) mass is 195 g/mol. The maximum absolute atomic E-state index is 11.1. The molecule has 0 atom stereocenters. The fourth-order valence-corrected chi connectivity index (χ4v) is 1.02. The number of phenolic OH excluding ortho intramolecular Hbond substituents is 1. The Morgan fingerprint density at radius 2 is 2.29 bits per heavy atom. The second kappa shape index (κ2) is 4.50. The van der Waals surface area contributed by atoms with Gasteiger partial charge in [0.25, 0.3) is 0 Å². The number of aromatic hydroxyl groups is 1. The summed E-state index contributed by atoms with van der Waals surface area (Å²) in [6.45, 7) is 3.89. The Bertz CT molecular complexity index is 336. The number of benzene rings is 1. The average Bonchev–Trinajstić information content (AvgIpc) is 2.12. The van der Waals surface area contributed by atoms with Crippen LogP contribution in [0.3, 0.4) is 0 Å². The zero-order valence-electron chi connectivity index (χ0n) is 8.20. The van der Waals surface area contributed by atoms with Crippen molar-refractivity contribution in [2.24, 2.45) is 0 Å². The van der Waals surface area contributed by atoms with Crippen molar-refractivity contribution >= 4 is 11.8 Å². The summed E-state index contributed by atoms with van der Waals surface area (Å²) in [5, 5.41) is 11.7. The quantitative estimate of drug-likeness (QED) is 0.761. The molecule has 0 saturated heterocycles. The van der Waals surface area contributed by atoms with Crippen LogP contribution in [0.25, 0.3) is 0 Å². The van der Waals surface area contributed by atoms with E-state index < -0.39 is 6.09 Å². The van der Waals surface area contributed by atoms with Crippen LogP contribution >= 0.6 is 0 Å².